The molecular formula is C18H30O3Si. The summed E-state index contributed by atoms with van der Waals surface area (Å²) in [6.07, 6.45) is 1.98. The summed E-state index contributed by atoms with van der Waals surface area (Å²) < 4.78 is 5.27. The summed E-state index contributed by atoms with van der Waals surface area (Å²) in [5, 5.41) is 0.165. The fraction of sp³-hybridized carbons (Fsp3) is 0.778. The zero-order valence-corrected chi connectivity index (χ0v) is 16.1. The molecule has 0 heterocycles. The van der Waals surface area contributed by atoms with E-state index in [0.29, 0.717) is 31.7 Å². The van der Waals surface area contributed by atoms with Gasteiger partial charge in [-0.25, -0.2) is 0 Å². The summed E-state index contributed by atoms with van der Waals surface area (Å²) in [5.74, 6) is 0.285. The quantitative estimate of drug-likeness (QED) is 0.436. The molecule has 0 fully saturated rings. The van der Waals surface area contributed by atoms with Crippen LogP contribution in [0, 0.1) is 5.41 Å². The molecule has 124 valence electrons. The maximum absolute atomic E-state index is 12.7. The molecule has 2 rings (SSSR count). The summed E-state index contributed by atoms with van der Waals surface area (Å²) in [5.41, 5.74) is 2.14. The van der Waals surface area contributed by atoms with Crippen LogP contribution in [0.3, 0.4) is 0 Å². The maximum atomic E-state index is 12.7. The standard InChI is InChI=1S/C18H30O3Si/c1-8-21-16(20)18(5)10-12-9-14(19)15(13(12)11-18)22(6,7)17(2,3)4/h15H,8-11H2,1-7H3. The Morgan fingerprint density at radius 3 is 2.41 bits per heavy atom. The number of ketones is 1. The van der Waals surface area contributed by atoms with E-state index in [0.717, 1.165) is 0 Å². The summed E-state index contributed by atoms with van der Waals surface area (Å²) >= 11 is 0. The number of hydrogen-bond acceptors (Lipinski definition) is 3. The molecule has 2 aliphatic rings. The molecule has 0 spiro atoms. The second-order valence-corrected chi connectivity index (χ2v) is 14.3. The van der Waals surface area contributed by atoms with Crippen molar-refractivity contribution in [2.75, 3.05) is 6.61 Å². The van der Waals surface area contributed by atoms with Crippen molar-refractivity contribution in [2.45, 2.75) is 77.6 Å². The van der Waals surface area contributed by atoms with Crippen molar-refractivity contribution in [1.29, 1.82) is 0 Å². The van der Waals surface area contributed by atoms with Gasteiger partial charge in [0.05, 0.1) is 20.1 Å². The number of rotatable bonds is 3. The van der Waals surface area contributed by atoms with E-state index >= 15 is 0 Å². The molecule has 0 saturated heterocycles. The van der Waals surface area contributed by atoms with Crippen LogP contribution in [0.25, 0.3) is 0 Å². The van der Waals surface area contributed by atoms with Gasteiger partial charge in [-0.15, -0.1) is 0 Å². The molecule has 0 saturated carbocycles. The Morgan fingerprint density at radius 1 is 1.32 bits per heavy atom. The topological polar surface area (TPSA) is 43.4 Å². The largest absolute Gasteiger partial charge is 0.466 e. The molecule has 0 amide bonds. The Bertz CT molecular complexity index is 539. The highest BCUT2D eigenvalue weighted by molar-refractivity contribution is 6.85. The Morgan fingerprint density at radius 2 is 1.91 bits per heavy atom. The van der Waals surface area contributed by atoms with Crippen LogP contribution in [-0.4, -0.2) is 26.4 Å². The minimum absolute atomic E-state index is 0.0822. The van der Waals surface area contributed by atoms with E-state index in [4.69, 9.17) is 4.74 Å². The number of Topliss-reactive ketones (excluding diaryl/α,β-unsaturated/α-hetero) is 1. The van der Waals surface area contributed by atoms with E-state index in [1.807, 2.05) is 13.8 Å². The summed E-state index contributed by atoms with van der Waals surface area (Å²) in [6, 6.07) is 0. The van der Waals surface area contributed by atoms with Crippen molar-refractivity contribution < 1.29 is 14.3 Å². The van der Waals surface area contributed by atoms with Crippen molar-refractivity contribution in [3.63, 3.8) is 0 Å². The smallest absolute Gasteiger partial charge is 0.312 e. The molecule has 3 nitrogen and oxygen atoms in total. The first-order valence-electron chi connectivity index (χ1n) is 8.35. The van der Waals surface area contributed by atoms with Crippen LogP contribution in [0.4, 0.5) is 0 Å². The molecule has 0 bridgehead atoms. The molecule has 0 aromatic heterocycles. The first-order valence-corrected chi connectivity index (χ1v) is 11.4. The van der Waals surface area contributed by atoms with Crippen LogP contribution >= 0.6 is 0 Å². The Kier molecular flexibility index (Phi) is 4.22. The molecule has 2 unspecified atom stereocenters. The lowest BCUT2D eigenvalue weighted by Crippen LogP contribution is -2.45. The van der Waals surface area contributed by atoms with Crippen LogP contribution in [-0.2, 0) is 14.3 Å². The number of esters is 1. The van der Waals surface area contributed by atoms with Gasteiger partial charge in [0, 0.05) is 12.0 Å². The molecule has 0 aromatic carbocycles. The molecular weight excluding hydrogens is 292 g/mol. The highest BCUT2D eigenvalue weighted by Crippen LogP contribution is 2.58. The minimum Gasteiger partial charge on any atom is -0.466 e. The zero-order valence-electron chi connectivity index (χ0n) is 15.1. The Hall–Kier alpha value is -0.903. The molecule has 0 aliphatic heterocycles. The van der Waals surface area contributed by atoms with Gasteiger partial charge in [-0.1, -0.05) is 45.0 Å². The zero-order chi connectivity index (χ0) is 16.9. The number of hydrogen-bond donors (Lipinski definition) is 0. The molecule has 0 N–H and O–H groups in total. The van der Waals surface area contributed by atoms with E-state index in [-0.39, 0.29) is 16.5 Å². The second kappa shape index (κ2) is 5.33. The first kappa shape index (κ1) is 17.5. The van der Waals surface area contributed by atoms with Gasteiger partial charge in [-0.05, 0) is 31.7 Å². The summed E-state index contributed by atoms with van der Waals surface area (Å²) in [7, 11) is -1.80. The van der Waals surface area contributed by atoms with Gasteiger partial charge in [-0.2, -0.15) is 0 Å². The van der Waals surface area contributed by atoms with Crippen LogP contribution in [0.1, 0.15) is 53.9 Å². The third kappa shape index (κ3) is 2.59. The van der Waals surface area contributed by atoms with E-state index in [1.165, 1.54) is 11.1 Å². The van der Waals surface area contributed by atoms with Gasteiger partial charge in [0.15, 0.2) is 0 Å². The third-order valence-electron chi connectivity index (χ3n) is 6.12. The van der Waals surface area contributed by atoms with E-state index in [2.05, 4.69) is 33.9 Å². The van der Waals surface area contributed by atoms with Gasteiger partial charge in [0.2, 0.25) is 0 Å². The second-order valence-electron chi connectivity index (χ2n) is 8.81. The number of ether oxygens (including phenoxy) is 1. The SMILES string of the molecule is CCOC(=O)C1(C)CC2=C(C1)C([Si](C)(C)C(C)(C)C)C(=O)C2. The first-order chi connectivity index (χ1) is 9.94. The van der Waals surface area contributed by atoms with E-state index in [9.17, 15) is 9.59 Å². The van der Waals surface area contributed by atoms with Gasteiger partial charge in [0.25, 0.3) is 0 Å². The number of carbonyl (C=O) groups is 2. The minimum atomic E-state index is -1.80. The van der Waals surface area contributed by atoms with Crippen molar-refractivity contribution in [2.24, 2.45) is 5.41 Å². The molecule has 0 aromatic rings. The summed E-state index contributed by atoms with van der Waals surface area (Å²) in [4.78, 5) is 25.0. The van der Waals surface area contributed by atoms with Gasteiger partial charge in [-0.3, -0.25) is 9.59 Å². The van der Waals surface area contributed by atoms with Crippen LogP contribution in [0.15, 0.2) is 11.1 Å². The number of carbonyl (C=O) groups excluding carboxylic acids is 2. The lowest BCUT2D eigenvalue weighted by molar-refractivity contribution is -0.154. The van der Waals surface area contributed by atoms with Crippen LogP contribution in [0.2, 0.25) is 23.7 Å². The highest BCUT2D eigenvalue weighted by Gasteiger charge is 2.55. The third-order valence-corrected chi connectivity index (χ3v) is 12.1. The number of allylic oxidation sites excluding steroid dienone is 2. The highest BCUT2D eigenvalue weighted by atomic mass is 28.3. The predicted molar refractivity (Wildman–Crippen MR) is 91.6 cm³/mol. The molecule has 22 heavy (non-hydrogen) atoms. The molecule has 4 heteroatoms. The average Bonchev–Trinajstić information content (AvgIpc) is 2.80. The Labute approximate surface area is 135 Å². The average molecular weight is 323 g/mol. The van der Waals surface area contributed by atoms with Gasteiger partial charge in [0.1, 0.15) is 5.78 Å². The van der Waals surface area contributed by atoms with Crippen molar-refractivity contribution in [3.05, 3.63) is 11.1 Å². The maximum Gasteiger partial charge on any atom is 0.312 e. The van der Waals surface area contributed by atoms with E-state index in [1.54, 1.807) is 0 Å². The van der Waals surface area contributed by atoms with Gasteiger partial charge < -0.3 is 4.74 Å². The van der Waals surface area contributed by atoms with Crippen LogP contribution < -0.4 is 0 Å². The van der Waals surface area contributed by atoms with Crippen molar-refractivity contribution in [3.8, 4) is 0 Å². The predicted octanol–water partition coefficient (Wildman–Crippen LogP) is 4.50. The van der Waals surface area contributed by atoms with Crippen molar-refractivity contribution >= 4 is 19.8 Å². The van der Waals surface area contributed by atoms with Crippen molar-refractivity contribution in [1.82, 2.24) is 0 Å². The lowest BCUT2D eigenvalue weighted by Gasteiger charge is -2.42. The van der Waals surface area contributed by atoms with E-state index < -0.39 is 13.5 Å². The molecule has 2 aliphatic carbocycles. The molecule has 2 atom stereocenters. The normalized spacial score (nSPS) is 29.0. The lowest BCUT2D eigenvalue weighted by atomic mass is 9.84. The van der Waals surface area contributed by atoms with Crippen LogP contribution in [0.5, 0.6) is 0 Å². The fourth-order valence-corrected chi connectivity index (χ4v) is 6.85. The monoisotopic (exact) mass is 322 g/mol. The fourth-order valence-electron chi connectivity index (χ4n) is 3.90. The molecule has 0 radical (unpaired) electrons. The van der Waals surface area contributed by atoms with Gasteiger partial charge >= 0.3 is 5.97 Å². The Balaban J connectivity index is 2.31. The summed E-state index contributed by atoms with van der Waals surface area (Å²) in [6.45, 7) is 15.7.